The van der Waals surface area contributed by atoms with Gasteiger partial charge in [0.2, 0.25) is 0 Å². The Balaban J connectivity index is 2.05. The van der Waals surface area contributed by atoms with Crippen molar-refractivity contribution < 1.29 is 4.74 Å². The smallest absolute Gasteiger partial charge is 0.186 e. The molecule has 0 spiro atoms. The lowest BCUT2D eigenvalue weighted by Gasteiger charge is -2.25. The fourth-order valence-electron chi connectivity index (χ4n) is 1.35. The Labute approximate surface area is 98.9 Å². The largest absolute Gasteiger partial charge is 0.378 e. The summed E-state index contributed by atoms with van der Waals surface area (Å²) in [6, 6.07) is 0. The van der Waals surface area contributed by atoms with E-state index in [1.165, 1.54) is 0 Å². The Bertz CT molecular complexity index is 374. The van der Waals surface area contributed by atoms with Crippen LogP contribution in [0.5, 0.6) is 0 Å². The molecule has 2 rings (SSSR count). The molecule has 3 nitrogen and oxygen atoms in total. The lowest BCUT2D eigenvalue weighted by molar-refractivity contribution is 0.122. The summed E-state index contributed by atoms with van der Waals surface area (Å²) in [4.78, 5) is 6.69. The third kappa shape index (κ3) is 2.88. The molecule has 2 heterocycles. The van der Waals surface area contributed by atoms with Gasteiger partial charge in [0.1, 0.15) is 5.69 Å². The molecular formula is C10H12N2OS2. The number of hydrogen-bond acceptors (Lipinski definition) is 5. The molecule has 0 unspecified atom stereocenters. The van der Waals surface area contributed by atoms with E-state index in [9.17, 15) is 0 Å². The quantitative estimate of drug-likeness (QED) is 0.591. The van der Waals surface area contributed by atoms with E-state index in [4.69, 9.17) is 4.74 Å². The fourth-order valence-corrected chi connectivity index (χ4v) is 2.24. The summed E-state index contributed by atoms with van der Waals surface area (Å²) >= 11 is 5.67. The predicted octanol–water partition coefficient (Wildman–Crippen LogP) is 1.26. The molecule has 1 aliphatic rings. The molecule has 80 valence electrons. The van der Waals surface area contributed by atoms with Crippen LogP contribution in [0.1, 0.15) is 5.69 Å². The fraction of sp³-hybridized carbons (Fsp3) is 0.500. The number of hydrogen-bond donors (Lipinski definition) is 1. The summed E-state index contributed by atoms with van der Waals surface area (Å²) in [6.45, 7) is 3.42. The van der Waals surface area contributed by atoms with Crippen LogP contribution >= 0.6 is 24.0 Å². The number of anilines is 1. The molecule has 5 heteroatoms. The second-order valence-corrected chi connectivity index (χ2v) is 4.23. The summed E-state index contributed by atoms with van der Waals surface area (Å²) in [5.74, 6) is 6.44. The average molecular weight is 240 g/mol. The first-order valence-corrected chi connectivity index (χ1v) is 6.29. The molecule has 0 aromatic carbocycles. The normalized spacial score (nSPS) is 15.9. The molecule has 1 aromatic heterocycles. The summed E-state index contributed by atoms with van der Waals surface area (Å²) in [5, 5.41) is 3.03. The molecule has 1 aromatic rings. The van der Waals surface area contributed by atoms with Gasteiger partial charge in [-0.1, -0.05) is 5.92 Å². The highest BCUT2D eigenvalue weighted by Gasteiger charge is 2.13. The molecule has 0 atom stereocenters. The van der Waals surface area contributed by atoms with Gasteiger partial charge in [0.25, 0.3) is 0 Å². The molecule has 0 radical (unpaired) electrons. The van der Waals surface area contributed by atoms with Crippen LogP contribution in [-0.2, 0) is 4.74 Å². The Morgan fingerprint density at radius 1 is 1.53 bits per heavy atom. The molecule has 1 saturated heterocycles. The third-order valence-electron chi connectivity index (χ3n) is 2.07. The first-order chi connectivity index (χ1) is 7.40. The van der Waals surface area contributed by atoms with Crippen LogP contribution in [0.4, 0.5) is 5.13 Å². The second kappa shape index (κ2) is 5.40. The number of nitrogens with zero attached hydrogens (tertiary/aromatic N) is 2. The zero-order valence-electron chi connectivity index (χ0n) is 8.27. The molecule has 1 fully saturated rings. The minimum absolute atomic E-state index is 0.574. The van der Waals surface area contributed by atoms with Crippen LogP contribution in [0.25, 0.3) is 0 Å². The third-order valence-corrected chi connectivity index (χ3v) is 3.13. The highest BCUT2D eigenvalue weighted by atomic mass is 32.1. The standard InChI is InChI=1S/C10H12N2OS2/c14-7-1-2-9-8-15-10(11-9)12-3-5-13-6-4-12/h8,14H,3-7H2. The molecule has 0 N–H and O–H groups in total. The van der Waals surface area contributed by atoms with Crippen molar-refractivity contribution in [2.45, 2.75) is 0 Å². The highest BCUT2D eigenvalue weighted by molar-refractivity contribution is 7.80. The van der Waals surface area contributed by atoms with Crippen LogP contribution in [0, 0.1) is 11.8 Å². The van der Waals surface area contributed by atoms with E-state index < -0.39 is 0 Å². The first kappa shape index (κ1) is 10.8. The highest BCUT2D eigenvalue weighted by Crippen LogP contribution is 2.20. The maximum absolute atomic E-state index is 5.29. The lowest BCUT2D eigenvalue weighted by Crippen LogP contribution is -2.36. The Hall–Kier alpha value is -0.700. The van der Waals surface area contributed by atoms with Gasteiger partial charge in [-0.15, -0.1) is 11.3 Å². The maximum atomic E-state index is 5.29. The number of ether oxygens (including phenoxy) is 1. The summed E-state index contributed by atoms with van der Waals surface area (Å²) < 4.78 is 5.29. The predicted molar refractivity (Wildman–Crippen MR) is 65.9 cm³/mol. The van der Waals surface area contributed by atoms with Crippen LogP contribution in [-0.4, -0.2) is 37.0 Å². The van der Waals surface area contributed by atoms with Crippen molar-refractivity contribution in [1.29, 1.82) is 0 Å². The van der Waals surface area contributed by atoms with Crippen molar-refractivity contribution in [3.63, 3.8) is 0 Å². The minimum atomic E-state index is 0.574. The van der Waals surface area contributed by atoms with Crippen LogP contribution < -0.4 is 4.90 Å². The van der Waals surface area contributed by atoms with E-state index >= 15 is 0 Å². The van der Waals surface area contributed by atoms with Gasteiger partial charge in [-0.25, -0.2) is 4.98 Å². The Morgan fingerprint density at radius 2 is 2.33 bits per heavy atom. The van der Waals surface area contributed by atoms with Gasteiger partial charge in [-0.05, 0) is 5.92 Å². The number of rotatable bonds is 1. The van der Waals surface area contributed by atoms with Gasteiger partial charge in [-0.3, -0.25) is 0 Å². The van der Waals surface area contributed by atoms with Crippen LogP contribution in [0.15, 0.2) is 5.38 Å². The summed E-state index contributed by atoms with van der Waals surface area (Å²) in [5.41, 5.74) is 0.843. The molecule has 0 saturated carbocycles. The van der Waals surface area contributed by atoms with Gasteiger partial charge in [-0.2, -0.15) is 12.6 Å². The number of aromatic nitrogens is 1. The van der Waals surface area contributed by atoms with E-state index in [-0.39, 0.29) is 0 Å². The number of thiol groups is 1. The molecule has 1 aliphatic heterocycles. The summed E-state index contributed by atoms with van der Waals surface area (Å²) in [6.07, 6.45) is 0. The Morgan fingerprint density at radius 3 is 3.07 bits per heavy atom. The average Bonchev–Trinajstić information content (AvgIpc) is 2.76. The van der Waals surface area contributed by atoms with Gasteiger partial charge in [0.15, 0.2) is 5.13 Å². The van der Waals surface area contributed by atoms with Crippen LogP contribution in [0.2, 0.25) is 0 Å². The first-order valence-electron chi connectivity index (χ1n) is 4.78. The molecule has 0 bridgehead atoms. The van der Waals surface area contributed by atoms with Crippen molar-refractivity contribution in [1.82, 2.24) is 4.98 Å². The minimum Gasteiger partial charge on any atom is -0.378 e. The van der Waals surface area contributed by atoms with E-state index in [0.717, 1.165) is 37.1 Å². The topological polar surface area (TPSA) is 25.4 Å². The molecule has 15 heavy (non-hydrogen) atoms. The molecule has 0 amide bonds. The molecule has 0 aliphatic carbocycles. The van der Waals surface area contributed by atoms with Crippen molar-refractivity contribution in [3.05, 3.63) is 11.1 Å². The van der Waals surface area contributed by atoms with Gasteiger partial charge >= 0.3 is 0 Å². The lowest BCUT2D eigenvalue weighted by atomic mass is 10.4. The van der Waals surface area contributed by atoms with Gasteiger partial charge < -0.3 is 9.64 Å². The SMILES string of the molecule is SCC#Cc1csc(N2CCOCC2)n1. The zero-order valence-corrected chi connectivity index (χ0v) is 9.98. The van der Waals surface area contributed by atoms with E-state index in [0.29, 0.717) is 5.75 Å². The van der Waals surface area contributed by atoms with E-state index in [1.807, 2.05) is 5.38 Å². The maximum Gasteiger partial charge on any atom is 0.186 e. The van der Waals surface area contributed by atoms with E-state index in [2.05, 4.69) is 34.4 Å². The van der Waals surface area contributed by atoms with Crippen molar-refractivity contribution in [2.24, 2.45) is 0 Å². The number of morpholine rings is 1. The molecular weight excluding hydrogens is 228 g/mol. The van der Waals surface area contributed by atoms with Crippen molar-refractivity contribution >= 4 is 29.1 Å². The van der Waals surface area contributed by atoms with Gasteiger partial charge in [0.05, 0.1) is 19.0 Å². The number of thiazole rings is 1. The van der Waals surface area contributed by atoms with Crippen LogP contribution in [0.3, 0.4) is 0 Å². The summed E-state index contributed by atoms with van der Waals surface area (Å²) in [7, 11) is 0. The van der Waals surface area contributed by atoms with Crippen molar-refractivity contribution in [2.75, 3.05) is 37.0 Å². The van der Waals surface area contributed by atoms with Crippen molar-refractivity contribution in [3.8, 4) is 11.8 Å². The van der Waals surface area contributed by atoms with E-state index in [1.54, 1.807) is 11.3 Å². The van der Waals surface area contributed by atoms with Gasteiger partial charge in [0, 0.05) is 18.5 Å². The monoisotopic (exact) mass is 240 g/mol. The second-order valence-electron chi connectivity index (χ2n) is 3.07. The Kier molecular flexibility index (Phi) is 3.89. The zero-order chi connectivity index (χ0) is 10.5.